The standard InChI is InChI=1S/C22H18BrClN2O2/c23-19-9-5-16(6-10-19)13-22(27)26-25-14-18-3-1-2-4-21(18)28-15-17-7-11-20(24)12-8-17/h1-12,14H,13,15H2,(H,26,27)/b25-14+. The number of para-hydroxylation sites is 1. The Morgan fingerprint density at radius 3 is 2.43 bits per heavy atom. The number of hydrogen-bond donors (Lipinski definition) is 1. The van der Waals surface area contributed by atoms with Gasteiger partial charge in [-0.25, -0.2) is 5.43 Å². The predicted molar refractivity (Wildman–Crippen MR) is 116 cm³/mol. The molecule has 0 fully saturated rings. The summed E-state index contributed by atoms with van der Waals surface area (Å²) < 4.78 is 6.85. The Labute approximate surface area is 177 Å². The summed E-state index contributed by atoms with van der Waals surface area (Å²) in [5, 5.41) is 4.74. The Hall–Kier alpha value is -2.63. The molecule has 0 bridgehead atoms. The predicted octanol–water partition coefficient (Wildman–Crippen LogP) is 5.37. The van der Waals surface area contributed by atoms with E-state index in [1.165, 1.54) is 0 Å². The van der Waals surface area contributed by atoms with Gasteiger partial charge in [-0.05, 0) is 47.5 Å². The van der Waals surface area contributed by atoms with Crippen LogP contribution in [0.4, 0.5) is 0 Å². The van der Waals surface area contributed by atoms with Gasteiger partial charge in [0.1, 0.15) is 12.4 Å². The van der Waals surface area contributed by atoms with Gasteiger partial charge in [-0.1, -0.05) is 63.9 Å². The first kappa shape index (κ1) is 20.1. The van der Waals surface area contributed by atoms with Crippen molar-refractivity contribution in [2.24, 2.45) is 5.10 Å². The third-order valence-corrected chi connectivity index (χ3v) is 4.68. The van der Waals surface area contributed by atoms with Crippen molar-refractivity contribution in [1.82, 2.24) is 5.43 Å². The van der Waals surface area contributed by atoms with Crippen LogP contribution in [0.3, 0.4) is 0 Å². The quantitative estimate of drug-likeness (QED) is 0.383. The molecule has 28 heavy (non-hydrogen) atoms. The number of benzene rings is 3. The molecule has 0 aromatic heterocycles. The molecule has 0 saturated heterocycles. The van der Waals surface area contributed by atoms with E-state index in [1.54, 1.807) is 6.21 Å². The first-order valence-electron chi connectivity index (χ1n) is 8.63. The van der Waals surface area contributed by atoms with Gasteiger partial charge in [0.15, 0.2) is 0 Å². The number of amides is 1. The molecule has 0 aliphatic rings. The summed E-state index contributed by atoms with van der Waals surface area (Å²) in [6, 6.07) is 22.6. The smallest absolute Gasteiger partial charge is 0.244 e. The van der Waals surface area contributed by atoms with E-state index in [9.17, 15) is 4.79 Å². The van der Waals surface area contributed by atoms with Gasteiger partial charge in [0.25, 0.3) is 0 Å². The van der Waals surface area contributed by atoms with Crippen LogP contribution in [-0.2, 0) is 17.8 Å². The molecule has 142 valence electrons. The van der Waals surface area contributed by atoms with E-state index in [-0.39, 0.29) is 12.3 Å². The highest BCUT2D eigenvalue weighted by Gasteiger charge is 2.04. The van der Waals surface area contributed by atoms with Gasteiger partial charge in [-0.15, -0.1) is 0 Å². The van der Waals surface area contributed by atoms with Crippen molar-refractivity contribution in [3.05, 3.63) is 99.0 Å². The first-order valence-corrected chi connectivity index (χ1v) is 9.80. The average molecular weight is 458 g/mol. The molecular formula is C22H18BrClN2O2. The number of hydrazone groups is 1. The monoisotopic (exact) mass is 456 g/mol. The van der Waals surface area contributed by atoms with E-state index in [1.807, 2.05) is 72.8 Å². The van der Waals surface area contributed by atoms with Gasteiger partial charge in [0.05, 0.1) is 12.6 Å². The lowest BCUT2D eigenvalue weighted by atomic mass is 10.1. The first-order chi connectivity index (χ1) is 13.6. The number of rotatable bonds is 7. The van der Waals surface area contributed by atoms with Crippen LogP contribution in [0.5, 0.6) is 5.75 Å². The molecule has 0 heterocycles. The lowest BCUT2D eigenvalue weighted by molar-refractivity contribution is -0.120. The van der Waals surface area contributed by atoms with E-state index in [0.29, 0.717) is 17.4 Å². The van der Waals surface area contributed by atoms with Gasteiger partial charge in [0.2, 0.25) is 5.91 Å². The van der Waals surface area contributed by atoms with E-state index >= 15 is 0 Å². The summed E-state index contributed by atoms with van der Waals surface area (Å²) in [5.41, 5.74) is 5.26. The van der Waals surface area contributed by atoms with Crippen molar-refractivity contribution in [3.8, 4) is 5.75 Å². The van der Waals surface area contributed by atoms with Crippen molar-refractivity contribution in [3.63, 3.8) is 0 Å². The maximum atomic E-state index is 12.0. The van der Waals surface area contributed by atoms with Crippen molar-refractivity contribution in [1.29, 1.82) is 0 Å². The highest BCUT2D eigenvalue weighted by atomic mass is 79.9. The molecule has 3 aromatic rings. The lowest BCUT2D eigenvalue weighted by Gasteiger charge is -2.09. The van der Waals surface area contributed by atoms with Crippen LogP contribution in [0.2, 0.25) is 5.02 Å². The molecule has 3 rings (SSSR count). The fourth-order valence-electron chi connectivity index (χ4n) is 2.46. The molecule has 1 N–H and O–H groups in total. The third-order valence-electron chi connectivity index (χ3n) is 3.90. The minimum Gasteiger partial charge on any atom is -0.488 e. The van der Waals surface area contributed by atoms with Crippen molar-refractivity contribution in [2.75, 3.05) is 0 Å². The number of ether oxygens (including phenoxy) is 1. The summed E-state index contributed by atoms with van der Waals surface area (Å²) in [5.74, 6) is 0.501. The zero-order valence-electron chi connectivity index (χ0n) is 14.9. The van der Waals surface area contributed by atoms with Crippen molar-refractivity contribution >= 4 is 39.7 Å². The van der Waals surface area contributed by atoms with Gasteiger partial charge >= 0.3 is 0 Å². The fraction of sp³-hybridized carbons (Fsp3) is 0.0909. The third kappa shape index (κ3) is 6.22. The number of nitrogens with zero attached hydrogens (tertiary/aromatic N) is 1. The average Bonchev–Trinajstić information content (AvgIpc) is 2.70. The Balaban J connectivity index is 1.56. The molecule has 1 amide bonds. The van der Waals surface area contributed by atoms with E-state index < -0.39 is 0 Å². The number of nitrogens with one attached hydrogen (secondary N) is 1. The molecule has 0 spiro atoms. The normalized spacial score (nSPS) is 10.8. The Bertz CT molecular complexity index is 957. The number of carbonyl (C=O) groups is 1. The maximum absolute atomic E-state index is 12.0. The number of halogens is 2. The summed E-state index contributed by atoms with van der Waals surface area (Å²) in [6.45, 7) is 0.415. The van der Waals surface area contributed by atoms with Crippen LogP contribution in [-0.4, -0.2) is 12.1 Å². The molecule has 0 unspecified atom stereocenters. The van der Waals surface area contributed by atoms with Gasteiger partial charge in [-0.3, -0.25) is 4.79 Å². The summed E-state index contributed by atoms with van der Waals surface area (Å²) in [4.78, 5) is 12.0. The summed E-state index contributed by atoms with van der Waals surface area (Å²) in [6.07, 6.45) is 1.84. The number of carbonyl (C=O) groups excluding carboxylic acids is 1. The van der Waals surface area contributed by atoms with Gasteiger partial charge < -0.3 is 4.74 Å². The zero-order chi connectivity index (χ0) is 19.8. The molecule has 0 aliphatic heterocycles. The molecular weight excluding hydrogens is 440 g/mol. The largest absolute Gasteiger partial charge is 0.488 e. The summed E-state index contributed by atoms with van der Waals surface area (Å²) in [7, 11) is 0. The Kier molecular flexibility index (Phi) is 7.23. The Morgan fingerprint density at radius 2 is 1.68 bits per heavy atom. The minimum atomic E-state index is -0.182. The van der Waals surface area contributed by atoms with E-state index in [0.717, 1.165) is 21.2 Å². The molecule has 0 atom stereocenters. The highest BCUT2D eigenvalue weighted by molar-refractivity contribution is 9.10. The summed E-state index contributed by atoms with van der Waals surface area (Å²) >= 11 is 9.28. The van der Waals surface area contributed by atoms with Crippen LogP contribution in [0.1, 0.15) is 16.7 Å². The second-order valence-electron chi connectivity index (χ2n) is 6.05. The molecule has 3 aromatic carbocycles. The second-order valence-corrected chi connectivity index (χ2v) is 7.40. The minimum absolute atomic E-state index is 0.182. The van der Waals surface area contributed by atoms with Crippen LogP contribution in [0.25, 0.3) is 0 Å². The van der Waals surface area contributed by atoms with Crippen molar-refractivity contribution < 1.29 is 9.53 Å². The molecule has 0 aliphatic carbocycles. The van der Waals surface area contributed by atoms with Crippen LogP contribution >= 0.6 is 27.5 Å². The Morgan fingerprint density at radius 1 is 1.00 bits per heavy atom. The second kappa shape index (κ2) is 10.1. The van der Waals surface area contributed by atoms with E-state index in [2.05, 4.69) is 26.5 Å². The maximum Gasteiger partial charge on any atom is 0.244 e. The fourth-order valence-corrected chi connectivity index (χ4v) is 2.85. The van der Waals surface area contributed by atoms with Crippen LogP contribution < -0.4 is 10.2 Å². The molecule has 6 heteroatoms. The molecule has 0 saturated carbocycles. The SMILES string of the molecule is O=C(Cc1ccc(Br)cc1)N/N=C/c1ccccc1OCc1ccc(Cl)cc1. The molecule has 0 radical (unpaired) electrons. The van der Waals surface area contributed by atoms with Crippen LogP contribution in [0, 0.1) is 0 Å². The zero-order valence-corrected chi connectivity index (χ0v) is 17.3. The van der Waals surface area contributed by atoms with Gasteiger partial charge in [-0.2, -0.15) is 5.10 Å². The van der Waals surface area contributed by atoms with Crippen LogP contribution in [0.15, 0.2) is 82.4 Å². The topological polar surface area (TPSA) is 50.7 Å². The van der Waals surface area contributed by atoms with Crippen molar-refractivity contribution in [2.45, 2.75) is 13.0 Å². The lowest BCUT2D eigenvalue weighted by Crippen LogP contribution is -2.19. The van der Waals surface area contributed by atoms with E-state index in [4.69, 9.17) is 16.3 Å². The van der Waals surface area contributed by atoms with Gasteiger partial charge in [0, 0.05) is 15.1 Å². The number of hydrogen-bond acceptors (Lipinski definition) is 3. The molecule has 4 nitrogen and oxygen atoms in total. The highest BCUT2D eigenvalue weighted by Crippen LogP contribution is 2.18.